The molecule has 31 heavy (non-hydrogen) atoms. The lowest BCUT2D eigenvalue weighted by molar-refractivity contribution is -0.133. The number of H-pyrrole nitrogens is 1. The summed E-state index contributed by atoms with van der Waals surface area (Å²) in [6, 6.07) is 12.1. The highest BCUT2D eigenvalue weighted by Gasteiger charge is 2.22. The van der Waals surface area contributed by atoms with E-state index in [4.69, 9.17) is 11.6 Å². The molecule has 8 heteroatoms. The molecule has 4 rings (SSSR count). The number of fused-ring (bicyclic) bond motifs is 1. The monoisotopic (exact) mass is 442 g/mol. The smallest absolute Gasteiger partial charge is 0.242 e. The van der Waals surface area contributed by atoms with Gasteiger partial charge >= 0.3 is 0 Å². The Bertz CT molecular complexity index is 1100. The lowest BCUT2D eigenvalue weighted by Crippen LogP contribution is -2.51. The molecule has 3 aromatic rings. The summed E-state index contributed by atoms with van der Waals surface area (Å²) < 4.78 is 13.6. The van der Waals surface area contributed by atoms with Crippen LogP contribution in [0.4, 0.5) is 10.1 Å². The molecule has 1 saturated heterocycles. The molecule has 6 nitrogen and oxygen atoms in total. The zero-order valence-corrected chi connectivity index (χ0v) is 18.0. The molecule has 1 aliphatic rings. The Labute approximate surface area is 185 Å². The predicted octanol–water partition coefficient (Wildman–Crippen LogP) is 3.28. The Morgan fingerprint density at radius 1 is 1.10 bits per heavy atom. The van der Waals surface area contributed by atoms with Crippen LogP contribution >= 0.6 is 11.6 Å². The molecule has 0 spiro atoms. The van der Waals surface area contributed by atoms with Crippen molar-refractivity contribution in [3.63, 3.8) is 0 Å². The van der Waals surface area contributed by atoms with Crippen molar-refractivity contribution in [1.82, 2.24) is 15.2 Å². The van der Waals surface area contributed by atoms with Crippen molar-refractivity contribution < 1.29 is 14.0 Å². The molecule has 0 radical (unpaired) electrons. The first-order chi connectivity index (χ1) is 14.9. The maximum atomic E-state index is 13.6. The van der Waals surface area contributed by atoms with Crippen LogP contribution in [0.15, 0.2) is 42.5 Å². The molecule has 0 aliphatic carbocycles. The fourth-order valence-corrected chi connectivity index (χ4v) is 4.08. The van der Waals surface area contributed by atoms with E-state index in [9.17, 15) is 14.0 Å². The number of hydrogen-bond donors (Lipinski definition) is 2. The third-order valence-electron chi connectivity index (χ3n) is 5.68. The second kappa shape index (κ2) is 8.98. The molecular weight excluding hydrogens is 419 g/mol. The quantitative estimate of drug-likeness (QED) is 0.637. The van der Waals surface area contributed by atoms with E-state index in [1.807, 2.05) is 31.2 Å². The number of piperazine rings is 1. The predicted molar refractivity (Wildman–Crippen MR) is 120 cm³/mol. The van der Waals surface area contributed by atoms with Crippen molar-refractivity contribution in [1.29, 1.82) is 0 Å². The van der Waals surface area contributed by atoms with Gasteiger partial charge in [-0.2, -0.15) is 0 Å². The molecule has 2 amide bonds. The summed E-state index contributed by atoms with van der Waals surface area (Å²) in [4.78, 5) is 32.1. The lowest BCUT2D eigenvalue weighted by Gasteiger charge is -2.36. The number of aromatic nitrogens is 1. The molecular formula is C23H24ClFN4O2. The van der Waals surface area contributed by atoms with Gasteiger partial charge in [-0.05, 0) is 55.0 Å². The Morgan fingerprint density at radius 2 is 1.81 bits per heavy atom. The summed E-state index contributed by atoms with van der Waals surface area (Å²) in [7, 11) is 0. The molecule has 0 saturated carbocycles. The molecule has 2 aromatic carbocycles. The summed E-state index contributed by atoms with van der Waals surface area (Å²) in [6.45, 7) is 4.44. The van der Waals surface area contributed by atoms with Gasteiger partial charge < -0.3 is 20.1 Å². The van der Waals surface area contributed by atoms with Gasteiger partial charge in [0.2, 0.25) is 11.8 Å². The van der Waals surface area contributed by atoms with Gasteiger partial charge in [0.15, 0.2) is 0 Å². The van der Waals surface area contributed by atoms with E-state index in [0.717, 1.165) is 35.6 Å². The van der Waals surface area contributed by atoms with Crippen LogP contribution in [-0.4, -0.2) is 54.4 Å². The standard InChI is InChI=1S/C23H24ClFN4O2/c1-15-19(20-12-17(25)4-7-21(20)27-15)13-22(30)26-14-23(31)29-10-8-28(9-11-29)18-5-2-16(24)3-6-18/h2-7,12,27H,8-11,13-14H2,1H3,(H,26,30). The Balaban J connectivity index is 1.28. The van der Waals surface area contributed by atoms with Crippen molar-refractivity contribution in [2.45, 2.75) is 13.3 Å². The second-order valence-electron chi connectivity index (χ2n) is 7.72. The number of carbonyl (C=O) groups excluding carboxylic acids is 2. The van der Waals surface area contributed by atoms with Gasteiger partial charge in [0.1, 0.15) is 5.82 Å². The maximum absolute atomic E-state index is 13.6. The number of rotatable bonds is 5. The fraction of sp³-hybridized carbons (Fsp3) is 0.304. The van der Waals surface area contributed by atoms with Gasteiger partial charge in [0.25, 0.3) is 0 Å². The molecule has 1 fully saturated rings. The number of amides is 2. The second-order valence-corrected chi connectivity index (χ2v) is 8.15. The van der Waals surface area contributed by atoms with Crippen LogP contribution in [0.25, 0.3) is 10.9 Å². The van der Waals surface area contributed by atoms with E-state index in [2.05, 4.69) is 15.2 Å². The average Bonchev–Trinajstić information content (AvgIpc) is 3.07. The summed E-state index contributed by atoms with van der Waals surface area (Å²) in [5.74, 6) is -0.715. The van der Waals surface area contributed by atoms with Crippen LogP contribution in [0.1, 0.15) is 11.3 Å². The Morgan fingerprint density at radius 3 is 2.52 bits per heavy atom. The Kier molecular flexibility index (Phi) is 6.13. The molecule has 2 N–H and O–H groups in total. The topological polar surface area (TPSA) is 68.4 Å². The third kappa shape index (κ3) is 4.82. The molecule has 1 aromatic heterocycles. The maximum Gasteiger partial charge on any atom is 0.242 e. The van der Waals surface area contributed by atoms with Crippen molar-refractivity contribution in [2.24, 2.45) is 0 Å². The number of nitrogens with zero attached hydrogens (tertiary/aromatic N) is 2. The first-order valence-electron chi connectivity index (χ1n) is 10.2. The van der Waals surface area contributed by atoms with Gasteiger partial charge in [0, 0.05) is 53.5 Å². The summed E-state index contributed by atoms with van der Waals surface area (Å²) >= 11 is 5.94. The largest absolute Gasteiger partial charge is 0.368 e. The van der Waals surface area contributed by atoms with Crippen LogP contribution in [0, 0.1) is 12.7 Å². The van der Waals surface area contributed by atoms with Gasteiger partial charge in [-0.25, -0.2) is 4.39 Å². The SMILES string of the molecule is Cc1[nH]c2ccc(F)cc2c1CC(=O)NCC(=O)N1CCN(c2ccc(Cl)cc2)CC1. The van der Waals surface area contributed by atoms with E-state index in [1.165, 1.54) is 12.1 Å². The van der Waals surface area contributed by atoms with Crippen LogP contribution in [0.2, 0.25) is 5.02 Å². The van der Waals surface area contributed by atoms with E-state index >= 15 is 0 Å². The van der Waals surface area contributed by atoms with E-state index < -0.39 is 0 Å². The van der Waals surface area contributed by atoms with Crippen molar-refractivity contribution >= 4 is 40.0 Å². The molecule has 1 aliphatic heterocycles. The van der Waals surface area contributed by atoms with Gasteiger partial charge in [0.05, 0.1) is 13.0 Å². The first kappa shape index (κ1) is 21.2. The van der Waals surface area contributed by atoms with Gasteiger partial charge in [-0.1, -0.05) is 11.6 Å². The number of carbonyl (C=O) groups is 2. The first-order valence-corrected chi connectivity index (χ1v) is 10.6. The minimum absolute atomic E-state index is 0.0461. The van der Waals surface area contributed by atoms with Crippen LogP contribution < -0.4 is 10.2 Å². The number of aryl methyl sites for hydroxylation is 1. The number of hydrogen-bond acceptors (Lipinski definition) is 3. The highest BCUT2D eigenvalue weighted by Crippen LogP contribution is 2.23. The normalized spacial score (nSPS) is 14.2. The zero-order chi connectivity index (χ0) is 22.0. The van der Waals surface area contributed by atoms with E-state index in [0.29, 0.717) is 23.5 Å². The number of benzene rings is 2. The molecule has 162 valence electrons. The minimum atomic E-state index is -0.346. The Hall–Kier alpha value is -3.06. The highest BCUT2D eigenvalue weighted by molar-refractivity contribution is 6.30. The number of anilines is 1. The zero-order valence-electron chi connectivity index (χ0n) is 17.3. The molecule has 0 unspecified atom stereocenters. The average molecular weight is 443 g/mol. The van der Waals surface area contributed by atoms with Crippen molar-refractivity contribution in [2.75, 3.05) is 37.6 Å². The van der Waals surface area contributed by atoms with Crippen LogP contribution in [0.5, 0.6) is 0 Å². The molecule has 2 heterocycles. The van der Waals surface area contributed by atoms with E-state index in [-0.39, 0.29) is 30.6 Å². The summed E-state index contributed by atoms with van der Waals surface area (Å²) in [5, 5.41) is 4.10. The third-order valence-corrected chi connectivity index (χ3v) is 5.93. The number of aromatic amines is 1. The lowest BCUT2D eigenvalue weighted by atomic mass is 10.1. The minimum Gasteiger partial charge on any atom is -0.368 e. The highest BCUT2D eigenvalue weighted by atomic mass is 35.5. The van der Waals surface area contributed by atoms with Gasteiger partial charge in [-0.15, -0.1) is 0 Å². The van der Waals surface area contributed by atoms with Gasteiger partial charge in [-0.3, -0.25) is 9.59 Å². The van der Waals surface area contributed by atoms with Crippen LogP contribution in [-0.2, 0) is 16.0 Å². The van der Waals surface area contributed by atoms with E-state index in [1.54, 1.807) is 11.0 Å². The molecule has 0 bridgehead atoms. The van der Waals surface area contributed by atoms with Crippen LogP contribution in [0.3, 0.4) is 0 Å². The summed E-state index contributed by atoms with van der Waals surface area (Å²) in [5.41, 5.74) is 3.43. The summed E-state index contributed by atoms with van der Waals surface area (Å²) in [6.07, 6.45) is 0.0902. The van der Waals surface area contributed by atoms with Crippen molar-refractivity contribution in [3.8, 4) is 0 Å². The van der Waals surface area contributed by atoms with Crippen molar-refractivity contribution in [3.05, 3.63) is 64.6 Å². The number of halogens is 2. The number of nitrogens with one attached hydrogen (secondary N) is 2. The molecule has 0 atom stereocenters. The fourth-order valence-electron chi connectivity index (χ4n) is 3.96.